The summed E-state index contributed by atoms with van der Waals surface area (Å²) in [6, 6.07) is 9.15. The smallest absolute Gasteiger partial charge is 0.338 e. The lowest BCUT2D eigenvalue weighted by Crippen LogP contribution is -2.21. The predicted octanol–water partition coefficient (Wildman–Crippen LogP) is 4.01. The number of rotatable bonds is 6. The molecule has 1 amide bonds. The number of hydrogen-bond acceptors (Lipinski definition) is 6. The number of aromatic nitrogens is 1. The molecule has 2 N–H and O–H groups in total. The number of hydrogen-bond donors (Lipinski definition) is 2. The molecule has 3 aromatic rings. The maximum atomic E-state index is 12.5. The highest BCUT2D eigenvalue weighted by atomic mass is 16.6. The average molecular weight is 437 g/mol. The predicted molar refractivity (Wildman–Crippen MR) is 118 cm³/mol. The third-order valence-electron chi connectivity index (χ3n) is 5.67. The van der Waals surface area contributed by atoms with E-state index in [1.165, 1.54) is 36.6 Å². The molecule has 1 aromatic heterocycles. The Morgan fingerprint density at radius 2 is 2.06 bits per heavy atom. The van der Waals surface area contributed by atoms with Crippen LogP contribution in [0.15, 0.2) is 36.4 Å². The van der Waals surface area contributed by atoms with Gasteiger partial charge >= 0.3 is 5.97 Å². The fourth-order valence-electron chi connectivity index (χ4n) is 4.03. The molecule has 1 aliphatic carbocycles. The summed E-state index contributed by atoms with van der Waals surface area (Å²) in [4.78, 5) is 38.6. The number of nitro benzene ring substituents is 1. The molecule has 4 rings (SSSR count). The van der Waals surface area contributed by atoms with E-state index in [1.807, 2.05) is 6.07 Å². The Balaban J connectivity index is 1.44. The van der Waals surface area contributed by atoms with Gasteiger partial charge in [-0.25, -0.2) is 4.79 Å². The van der Waals surface area contributed by atoms with Gasteiger partial charge in [0.15, 0.2) is 6.61 Å². The van der Waals surface area contributed by atoms with E-state index >= 15 is 0 Å². The number of amides is 1. The lowest BCUT2D eigenvalue weighted by molar-refractivity contribution is -0.384. The number of benzene rings is 2. The summed E-state index contributed by atoms with van der Waals surface area (Å²) in [6.07, 6.45) is 3.09. The topological polar surface area (TPSA) is 124 Å². The van der Waals surface area contributed by atoms with Gasteiger partial charge in [-0.1, -0.05) is 6.92 Å². The van der Waals surface area contributed by atoms with E-state index in [1.54, 1.807) is 12.1 Å². The minimum absolute atomic E-state index is 0.122. The first kappa shape index (κ1) is 21.4. The number of ether oxygens (including phenoxy) is 2. The first-order valence-corrected chi connectivity index (χ1v) is 10.3. The maximum absolute atomic E-state index is 12.5. The molecule has 0 saturated carbocycles. The Morgan fingerprint density at radius 1 is 1.25 bits per heavy atom. The number of H-pyrrole nitrogens is 1. The van der Waals surface area contributed by atoms with Crippen LogP contribution in [0.3, 0.4) is 0 Å². The molecule has 1 atom stereocenters. The minimum Gasteiger partial charge on any atom is -0.495 e. The molecular formula is C23H23N3O6. The summed E-state index contributed by atoms with van der Waals surface area (Å²) in [6.45, 7) is 1.68. The van der Waals surface area contributed by atoms with Crippen molar-refractivity contribution in [3.8, 4) is 5.75 Å². The van der Waals surface area contributed by atoms with Gasteiger partial charge in [-0.3, -0.25) is 14.9 Å². The van der Waals surface area contributed by atoms with E-state index in [4.69, 9.17) is 9.47 Å². The monoisotopic (exact) mass is 437 g/mol. The standard InChI is InChI=1S/C23H23N3O6/c1-13-3-6-18-16(9-13)17-10-14(4-7-19(17)24-18)23(28)32-12-22(27)25-20-11-15(26(29)30)5-8-21(20)31-2/h4-5,7-8,10-11,13,24H,3,6,9,12H2,1-2H3,(H,25,27)/t13-/m1/s1. The van der Waals surface area contributed by atoms with Crippen LogP contribution in [0.5, 0.6) is 5.75 Å². The van der Waals surface area contributed by atoms with Gasteiger partial charge in [0.2, 0.25) is 0 Å². The van der Waals surface area contributed by atoms with Crippen molar-refractivity contribution in [1.82, 2.24) is 4.98 Å². The van der Waals surface area contributed by atoms with Crippen molar-refractivity contribution in [3.05, 3.63) is 63.3 Å². The largest absolute Gasteiger partial charge is 0.495 e. The second-order valence-electron chi connectivity index (χ2n) is 7.96. The molecule has 0 bridgehead atoms. The van der Waals surface area contributed by atoms with Crippen molar-refractivity contribution in [3.63, 3.8) is 0 Å². The molecule has 2 aromatic carbocycles. The number of esters is 1. The molecular weight excluding hydrogens is 414 g/mol. The second kappa shape index (κ2) is 8.70. The molecule has 1 aliphatic rings. The van der Waals surface area contributed by atoms with Gasteiger partial charge in [-0.05, 0) is 55.0 Å². The Morgan fingerprint density at radius 3 is 2.81 bits per heavy atom. The maximum Gasteiger partial charge on any atom is 0.338 e. The van der Waals surface area contributed by atoms with Gasteiger partial charge in [0.25, 0.3) is 11.6 Å². The van der Waals surface area contributed by atoms with E-state index in [0.717, 1.165) is 30.2 Å². The van der Waals surface area contributed by atoms with Crippen LogP contribution in [0.2, 0.25) is 0 Å². The van der Waals surface area contributed by atoms with E-state index in [0.29, 0.717) is 11.5 Å². The summed E-state index contributed by atoms with van der Waals surface area (Å²) in [7, 11) is 1.38. The van der Waals surface area contributed by atoms with Crippen LogP contribution in [-0.2, 0) is 22.4 Å². The van der Waals surface area contributed by atoms with Crippen molar-refractivity contribution in [2.75, 3.05) is 19.0 Å². The number of anilines is 1. The molecule has 32 heavy (non-hydrogen) atoms. The third-order valence-corrected chi connectivity index (χ3v) is 5.67. The Hall–Kier alpha value is -3.88. The molecule has 0 saturated heterocycles. The molecule has 0 fully saturated rings. The van der Waals surface area contributed by atoms with E-state index in [2.05, 4.69) is 17.2 Å². The van der Waals surface area contributed by atoms with Crippen LogP contribution in [0.4, 0.5) is 11.4 Å². The zero-order valence-corrected chi connectivity index (χ0v) is 17.8. The molecule has 0 aliphatic heterocycles. The molecule has 9 heteroatoms. The van der Waals surface area contributed by atoms with Crippen LogP contribution >= 0.6 is 0 Å². The van der Waals surface area contributed by atoms with Gasteiger partial charge in [-0.15, -0.1) is 0 Å². The number of carbonyl (C=O) groups is 2. The quantitative estimate of drug-likeness (QED) is 0.341. The van der Waals surface area contributed by atoms with Gasteiger partial charge in [-0.2, -0.15) is 0 Å². The first-order chi connectivity index (χ1) is 15.4. The molecule has 0 radical (unpaired) electrons. The number of nitrogens with one attached hydrogen (secondary N) is 2. The van der Waals surface area contributed by atoms with Crippen molar-refractivity contribution >= 4 is 34.2 Å². The number of fused-ring (bicyclic) bond motifs is 3. The molecule has 9 nitrogen and oxygen atoms in total. The van der Waals surface area contributed by atoms with Gasteiger partial charge in [0.05, 0.1) is 23.3 Å². The summed E-state index contributed by atoms with van der Waals surface area (Å²) in [5.74, 6) is -0.406. The SMILES string of the molecule is COc1ccc([N+](=O)[O-])cc1NC(=O)COC(=O)c1ccc2[nH]c3c(c2c1)C[C@H](C)CC3. The first-order valence-electron chi connectivity index (χ1n) is 10.3. The fraction of sp³-hybridized carbons (Fsp3) is 0.304. The number of non-ortho nitro benzene ring substituents is 1. The van der Waals surface area contributed by atoms with E-state index in [-0.39, 0.29) is 17.1 Å². The highest BCUT2D eigenvalue weighted by Gasteiger charge is 2.21. The minimum atomic E-state index is -0.633. The van der Waals surface area contributed by atoms with Crippen molar-refractivity contribution in [1.29, 1.82) is 0 Å². The van der Waals surface area contributed by atoms with Crippen LogP contribution in [0.25, 0.3) is 10.9 Å². The van der Waals surface area contributed by atoms with Crippen molar-refractivity contribution in [2.24, 2.45) is 5.92 Å². The molecule has 0 spiro atoms. The van der Waals surface area contributed by atoms with Crippen LogP contribution in [-0.4, -0.2) is 35.5 Å². The van der Waals surface area contributed by atoms with Gasteiger partial charge in [0, 0.05) is 28.7 Å². The van der Waals surface area contributed by atoms with Gasteiger partial charge < -0.3 is 19.8 Å². The highest BCUT2D eigenvalue weighted by Crippen LogP contribution is 2.32. The number of aromatic amines is 1. The molecule has 1 heterocycles. The van der Waals surface area contributed by atoms with Crippen molar-refractivity contribution < 1.29 is 24.0 Å². The van der Waals surface area contributed by atoms with Crippen LogP contribution in [0, 0.1) is 16.0 Å². The van der Waals surface area contributed by atoms with Gasteiger partial charge in [0.1, 0.15) is 5.75 Å². The van der Waals surface area contributed by atoms with Crippen molar-refractivity contribution in [2.45, 2.75) is 26.2 Å². The Labute approximate surface area is 183 Å². The zero-order valence-electron chi connectivity index (χ0n) is 17.8. The highest BCUT2D eigenvalue weighted by molar-refractivity contribution is 5.99. The number of methoxy groups -OCH3 is 1. The van der Waals surface area contributed by atoms with Crippen LogP contribution in [0.1, 0.15) is 35.0 Å². The van der Waals surface area contributed by atoms with E-state index in [9.17, 15) is 19.7 Å². The summed E-state index contributed by atoms with van der Waals surface area (Å²) < 4.78 is 10.3. The summed E-state index contributed by atoms with van der Waals surface area (Å²) in [5, 5.41) is 14.5. The summed E-state index contributed by atoms with van der Waals surface area (Å²) in [5.41, 5.74) is 3.72. The lowest BCUT2D eigenvalue weighted by Gasteiger charge is -2.18. The third kappa shape index (κ3) is 4.27. The lowest BCUT2D eigenvalue weighted by atomic mass is 9.87. The van der Waals surface area contributed by atoms with Crippen LogP contribution < -0.4 is 10.1 Å². The number of nitro groups is 1. The Kier molecular flexibility index (Phi) is 5.81. The zero-order chi connectivity index (χ0) is 22.8. The number of nitrogens with zero attached hydrogens (tertiary/aromatic N) is 1. The number of aryl methyl sites for hydroxylation is 1. The molecule has 0 unspecified atom stereocenters. The second-order valence-corrected chi connectivity index (χ2v) is 7.96. The fourth-order valence-corrected chi connectivity index (χ4v) is 4.03. The van der Waals surface area contributed by atoms with E-state index < -0.39 is 23.4 Å². The normalized spacial score (nSPS) is 15.1. The molecule has 166 valence electrons. The average Bonchev–Trinajstić information content (AvgIpc) is 3.14. The Bertz CT molecular complexity index is 1220. The summed E-state index contributed by atoms with van der Waals surface area (Å²) >= 11 is 0. The number of carbonyl (C=O) groups excluding carboxylic acids is 2.